The number of carbonyl (C=O) groups is 2. The van der Waals surface area contributed by atoms with Crippen LogP contribution in [-0.2, 0) is 30.9 Å². The van der Waals surface area contributed by atoms with Crippen LogP contribution in [0.15, 0.2) is 36.4 Å². The van der Waals surface area contributed by atoms with Crippen LogP contribution in [0.4, 0.5) is 5.69 Å². The number of hydrogen-bond donors (Lipinski definition) is 2. The Hall–Kier alpha value is -1.68. The first kappa shape index (κ1) is 14.7. The van der Waals surface area contributed by atoms with Crippen LogP contribution in [0.5, 0.6) is 0 Å². The molecule has 0 heterocycles. The van der Waals surface area contributed by atoms with Crippen LogP contribution in [-0.4, -0.2) is 16.9 Å². The third kappa shape index (κ3) is 2.75. The molecule has 1 aliphatic carbocycles. The Bertz CT molecular complexity index is 706. The standard InChI is InChI=1S/C13H8NO.C2H4O2.Hg/c14-8-5-6-10-9-3-1-2-4-11(9)13(15)12(10)7-8;1-2(3)4;/h1-4,6-7H,14H2;1H3,(H,3,4);. The Labute approximate surface area is 132 Å². The first-order valence-corrected chi connectivity index (χ1v) is 8.75. The Morgan fingerprint density at radius 1 is 1.10 bits per heavy atom. The summed E-state index contributed by atoms with van der Waals surface area (Å²) in [7, 11) is 0. The molecule has 20 heavy (non-hydrogen) atoms. The van der Waals surface area contributed by atoms with Crippen LogP contribution in [0.3, 0.4) is 0 Å². The summed E-state index contributed by atoms with van der Waals surface area (Å²) in [5.74, 6) is -0.731. The molecule has 0 saturated carbocycles. The molecule has 1 aliphatic rings. The number of carboxylic acid groups (broad SMARTS) is 1. The third-order valence-electron chi connectivity index (χ3n) is 2.99. The fraction of sp³-hybridized carbons (Fsp3) is 0.0667. The van der Waals surface area contributed by atoms with Gasteiger partial charge in [-0.3, -0.25) is 4.79 Å². The molecule has 0 atom stereocenters. The minimum absolute atomic E-state index is 0.102. The molecule has 2 aromatic rings. The number of nitrogens with two attached hydrogens (primary N) is 1. The minimum atomic E-state index is -0.833. The summed E-state index contributed by atoms with van der Waals surface area (Å²) in [4.78, 5) is 21.1. The van der Waals surface area contributed by atoms with Crippen molar-refractivity contribution in [3.8, 4) is 11.1 Å². The first-order valence-electron chi connectivity index (χ1n) is 6.01. The van der Waals surface area contributed by atoms with Gasteiger partial charge in [-0.25, -0.2) is 0 Å². The van der Waals surface area contributed by atoms with Gasteiger partial charge in [0.15, 0.2) is 0 Å². The fourth-order valence-corrected chi connectivity index (χ4v) is 3.32. The molecule has 3 N–H and O–H groups in total. The molecule has 4 nitrogen and oxygen atoms in total. The average Bonchev–Trinajstić information content (AvgIpc) is 2.64. The van der Waals surface area contributed by atoms with Gasteiger partial charge in [0.2, 0.25) is 0 Å². The monoisotopic (exact) mass is 456 g/mol. The number of aliphatic carboxylic acids is 1. The molecule has 0 fully saturated rings. The predicted molar refractivity (Wildman–Crippen MR) is 72.7 cm³/mol. The van der Waals surface area contributed by atoms with E-state index in [0.29, 0.717) is 26.1 Å². The van der Waals surface area contributed by atoms with Gasteiger partial charge in [0.05, 0.1) is 0 Å². The predicted octanol–water partition coefficient (Wildman–Crippen LogP) is 1.74. The zero-order valence-electron chi connectivity index (χ0n) is 11.0. The van der Waals surface area contributed by atoms with Crippen molar-refractivity contribution in [1.82, 2.24) is 0 Å². The van der Waals surface area contributed by atoms with Gasteiger partial charge in [-0.05, 0) is 0 Å². The number of rotatable bonds is 0. The van der Waals surface area contributed by atoms with Gasteiger partial charge >= 0.3 is 110 Å². The van der Waals surface area contributed by atoms with Crippen LogP contribution in [0, 0.1) is 0 Å². The van der Waals surface area contributed by atoms with Crippen molar-refractivity contribution in [3.63, 3.8) is 0 Å². The number of ketones is 1. The molecule has 0 aromatic heterocycles. The number of fused-ring (bicyclic) bond motifs is 3. The van der Waals surface area contributed by atoms with E-state index < -0.39 is 5.97 Å². The van der Waals surface area contributed by atoms with Gasteiger partial charge in [-0.15, -0.1) is 0 Å². The van der Waals surface area contributed by atoms with Crippen molar-refractivity contribution < 1.29 is 40.8 Å². The van der Waals surface area contributed by atoms with E-state index in [-0.39, 0.29) is 5.78 Å². The molecule has 0 aliphatic heterocycles. The second-order valence-corrected chi connectivity index (χ2v) is 7.45. The second kappa shape index (κ2) is 5.75. The van der Waals surface area contributed by atoms with Crippen molar-refractivity contribution in [2.75, 3.05) is 5.73 Å². The summed E-state index contributed by atoms with van der Waals surface area (Å²) in [5.41, 5.74) is 10.3. The van der Waals surface area contributed by atoms with Crippen molar-refractivity contribution in [2.24, 2.45) is 0 Å². The number of hydrogen-bond acceptors (Lipinski definition) is 3. The summed E-state index contributed by atoms with van der Waals surface area (Å²) in [5, 5.41) is 7.42. The Morgan fingerprint density at radius 3 is 2.25 bits per heavy atom. The van der Waals surface area contributed by atoms with Gasteiger partial charge in [0.1, 0.15) is 0 Å². The van der Waals surface area contributed by atoms with Crippen LogP contribution >= 0.6 is 0 Å². The zero-order valence-corrected chi connectivity index (χ0v) is 16.5. The Morgan fingerprint density at radius 2 is 1.65 bits per heavy atom. The van der Waals surface area contributed by atoms with E-state index in [2.05, 4.69) is 6.07 Å². The van der Waals surface area contributed by atoms with Gasteiger partial charge in [0.25, 0.3) is 5.97 Å². The van der Waals surface area contributed by atoms with E-state index in [9.17, 15) is 4.79 Å². The molecule has 0 radical (unpaired) electrons. The molecule has 5 heteroatoms. The third-order valence-corrected chi connectivity index (χ3v) is 5.37. The maximum atomic E-state index is 12.1. The first-order chi connectivity index (χ1) is 9.41. The van der Waals surface area contributed by atoms with E-state index >= 15 is 0 Å². The van der Waals surface area contributed by atoms with Crippen LogP contribution in [0.2, 0.25) is 0 Å². The second-order valence-electron chi connectivity index (χ2n) is 4.49. The Kier molecular flexibility index (Phi) is 4.23. The topological polar surface area (TPSA) is 80.4 Å². The van der Waals surface area contributed by atoms with Crippen molar-refractivity contribution in [2.45, 2.75) is 6.92 Å². The van der Waals surface area contributed by atoms with Gasteiger partial charge < -0.3 is 5.11 Å². The number of carbonyl (C=O) groups excluding carboxylic acids is 1. The fourth-order valence-electron chi connectivity index (χ4n) is 2.13. The van der Waals surface area contributed by atoms with E-state index in [1.54, 1.807) is 0 Å². The molecule has 0 spiro atoms. The number of carboxylic acids is 1. The summed E-state index contributed by atoms with van der Waals surface area (Å²) in [6.45, 7) is 1.08. The van der Waals surface area contributed by atoms with Gasteiger partial charge in [-0.2, -0.15) is 0 Å². The molecule has 2 aromatic carbocycles. The van der Waals surface area contributed by atoms with E-state index in [4.69, 9.17) is 15.6 Å². The van der Waals surface area contributed by atoms with E-state index in [1.165, 1.54) is 3.07 Å². The van der Waals surface area contributed by atoms with Crippen molar-refractivity contribution in [1.29, 1.82) is 0 Å². The number of benzene rings is 2. The molecular weight excluding hydrogens is 443 g/mol. The summed E-state index contributed by atoms with van der Waals surface area (Å²) in [6, 6.07) is 11.7. The van der Waals surface area contributed by atoms with Crippen LogP contribution < -0.4 is 8.81 Å². The van der Waals surface area contributed by atoms with Gasteiger partial charge in [0, 0.05) is 6.92 Å². The SMILES string of the molecule is CC(=O)O.Nc1cc2c(c[c]1[Hg])-c1ccccc1C2=O. The maximum absolute atomic E-state index is 12.1. The average molecular weight is 455 g/mol. The quantitative estimate of drug-likeness (QED) is 0.400. The van der Waals surface area contributed by atoms with E-state index in [1.807, 2.05) is 30.3 Å². The molecule has 0 unspecified atom stereocenters. The van der Waals surface area contributed by atoms with E-state index in [0.717, 1.165) is 34.9 Å². The van der Waals surface area contributed by atoms with Crippen molar-refractivity contribution >= 4 is 20.5 Å². The summed E-state index contributed by atoms with van der Waals surface area (Å²) < 4.78 is 1.21. The Balaban J connectivity index is 0.000000328. The van der Waals surface area contributed by atoms with Gasteiger partial charge in [-0.1, -0.05) is 0 Å². The number of nitrogen functional groups attached to an aromatic ring is 1. The summed E-state index contributed by atoms with van der Waals surface area (Å²) in [6.07, 6.45) is 0. The zero-order chi connectivity index (χ0) is 14.9. The molecule has 0 bridgehead atoms. The molecule has 0 amide bonds. The molecule has 0 saturated heterocycles. The van der Waals surface area contributed by atoms with Crippen LogP contribution in [0.1, 0.15) is 22.8 Å². The molecule has 97 valence electrons. The summed E-state index contributed by atoms with van der Waals surface area (Å²) >= 11 is 0.482. The molecular formula is C15H12HgNO3. The number of anilines is 1. The normalized spacial score (nSPS) is 11.2. The van der Waals surface area contributed by atoms with Crippen molar-refractivity contribution in [3.05, 3.63) is 47.5 Å². The van der Waals surface area contributed by atoms with Crippen LogP contribution in [0.25, 0.3) is 11.1 Å². The molecule has 3 rings (SSSR count).